The van der Waals surface area contributed by atoms with Gasteiger partial charge in [0.2, 0.25) is 0 Å². The molecule has 2 aromatic carbocycles. The molecule has 0 atom stereocenters. The van der Waals surface area contributed by atoms with Crippen molar-refractivity contribution in [3.63, 3.8) is 0 Å². The van der Waals surface area contributed by atoms with Crippen LogP contribution in [0.2, 0.25) is 0 Å². The smallest absolute Gasteiger partial charge is 0.284 e. The Hall–Kier alpha value is -2.62. The number of benzene rings is 2. The van der Waals surface area contributed by atoms with E-state index in [4.69, 9.17) is 4.74 Å². The Labute approximate surface area is 114 Å². The first-order chi connectivity index (χ1) is 9.72. The molecule has 0 amide bonds. The molecule has 0 fully saturated rings. The molecule has 0 aliphatic carbocycles. The molecule has 0 saturated heterocycles. The van der Waals surface area contributed by atoms with Crippen LogP contribution in [0.1, 0.15) is 5.56 Å². The van der Waals surface area contributed by atoms with Crippen molar-refractivity contribution in [2.75, 3.05) is 0 Å². The second kappa shape index (κ2) is 5.17. The van der Waals surface area contributed by atoms with E-state index < -0.39 is 11.4 Å². The third-order valence-corrected chi connectivity index (χ3v) is 3.02. The van der Waals surface area contributed by atoms with Crippen LogP contribution >= 0.6 is 0 Å². The number of hydrogen-bond acceptors (Lipinski definition) is 2. The number of pyridine rings is 1. The summed E-state index contributed by atoms with van der Waals surface area (Å²) < 4.78 is 18.9. The first kappa shape index (κ1) is 12.4. The quantitative estimate of drug-likeness (QED) is 0.793. The van der Waals surface area contributed by atoms with Crippen LogP contribution in [0.3, 0.4) is 0 Å². The Balaban J connectivity index is 1.86. The lowest BCUT2D eigenvalue weighted by Gasteiger charge is -2.07. The summed E-state index contributed by atoms with van der Waals surface area (Å²) in [7, 11) is 0. The summed E-state index contributed by atoms with van der Waals surface area (Å²) in [5, 5.41) is 0.604. The van der Waals surface area contributed by atoms with E-state index in [0.717, 1.165) is 5.56 Å². The molecule has 0 unspecified atom stereocenters. The van der Waals surface area contributed by atoms with Crippen molar-refractivity contribution in [1.29, 1.82) is 0 Å². The lowest BCUT2D eigenvalue weighted by atomic mass is 10.2. The van der Waals surface area contributed by atoms with E-state index in [9.17, 15) is 9.18 Å². The van der Waals surface area contributed by atoms with Gasteiger partial charge < -0.3 is 9.72 Å². The number of hydrogen-bond donors (Lipinski definition) is 1. The summed E-state index contributed by atoms with van der Waals surface area (Å²) >= 11 is 0. The van der Waals surface area contributed by atoms with Crippen LogP contribution in [0.25, 0.3) is 10.9 Å². The highest BCUT2D eigenvalue weighted by atomic mass is 19.1. The number of H-pyrrole nitrogens is 1. The lowest BCUT2D eigenvalue weighted by molar-refractivity contribution is 0.306. The molecule has 4 heteroatoms. The summed E-state index contributed by atoms with van der Waals surface area (Å²) in [5.74, 6) is -0.162. The highest BCUT2D eigenvalue weighted by Crippen LogP contribution is 2.20. The van der Waals surface area contributed by atoms with Gasteiger partial charge in [-0.2, -0.15) is 0 Å². The Kier molecular flexibility index (Phi) is 3.21. The van der Waals surface area contributed by atoms with E-state index in [1.54, 1.807) is 18.2 Å². The van der Waals surface area contributed by atoms with Crippen LogP contribution < -0.4 is 10.3 Å². The van der Waals surface area contributed by atoms with Crippen molar-refractivity contribution in [2.24, 2.45) is 0 Å². The van der Waals surface area contributed by atoms with Crippen molar-refractivity contribution in [3.8, 4) is 5.75 Å². The fraction of sp³-hybridized carbons (Fsp3) is 0.0625. The molecule has 1 heterocycles. The third-order valence-electron chi connectivity index (χ3n) is 3.02. The SMILES string of the molecule is O=c1[nH]c2ccc(OCc3ccccc3)cc2cc1F. The van der Waals surface area contributed by atoms with Gasteiger partial charge in [-0.3, -0.25) is 4.79 Å². The van der Waals surface area contributed by atoms with Crippen LogP contribution in [0.5, 0.6) is 5.75 Å². The fourth-order valence-corrected chi connectivity index (χ4v) is 1.99. The number of aromatic amines is 1. The van der Waals surface area contributed by atoms with Crippen molar-refractivity contribution in [2.45, 2.75) is 6.61 Å². The number of fused-ring (bicyclic) bond motifs is 1. The van der Waals surface area contributed by atoms with Gasteiger partial charge in [0.15, 0.2) is 5.82 Å². The molecule has 3 nitrogen and oxygen atoms in total. The van der Waals surface area contributed by atoms with E-state index >= 15 is 0 Å². The second-order valence-electron chi connectivity index (χ2n) is 4.47. The summed E-state index contributed by atoms with van der Waals surface area (Å²) in [6, 6.07) is 16.1. The minimum Gasteiger partial charge on any atom is -0.489 e. The zero-order valence-corrected chi connectivity index (χ0v) is 10.6. The molecule has 0 radical (unpaired) electrons. The maximum Gasteiger partial charge on any atom is 0.284 e. The van der Waals surface area contributed by atoms with Gasteiger partial charge in [0.25, 0.3) is 5.56 Å². The van der Waals surface area contributed by atoms with Gasteiger partial charge in [-0.1, -0.05) is 30.3 Å². The summed E-state index contributed by atoms with van der Waals surface area (Å²) in [6.45, 7) is 0.443. The standard InChI is InChI=1S/C16H12FNO2/c17-14-9-12-8-13(6-7-15(12)18-16(14)19)20-10-11-4-2-1-3-5-11/h1-9H,10H2,(H,18,19). The van der Waals surface area contributed by atoms with Crippen LogP contribution in [0.15, 0.2) is 59.4 Å². The molecule has 20 heavy (non-hydrogen) atoms. The molecule has 0 aliphatic rings. The van der Waals surface area contributed by atoms with Crippen LogP contribution in [-0.2, 0) is 6.61 Å². The maximum atomic E-state index is 13.2. The van der Waals surface area contributed by atoms with Gasteiger partial charge in [0, 0.05) is 10.9 Å². The summed E-state index contributed by atoms with van der Waals surface area (Å²) in [6.07, 6.45) is 0. The largest absolute Gasteiger partial charge is 0.489 e. The van der Waals surface area contributed by atoms with Crippen molar-refractivity contribution >= 4 is 10.9 Å². The molecule has 0 spiro atoms. The Bertz CT molecular complexity index is 796. The average Bonchev–Trinajstić information content (AvgIpc) is 2.47. The number of aromatic nitrogens is 1. The molecule has 3 rings (SSSR count). The average molecular weight is 269 g/mol. The van der Waals surface area contributed by atoms with Crippen molar-refractivity contribution < 1.29 is 9.13 Å². The molecule has 3 aromatic rings. The molecule has 0 bridgehead atoms. The molecule has 1 aromatic heterocycles. The summed E-state index contributed by atoms with van der Waals surface area (Å²) in [4.78, 5) is 13.6. The van der Waals surface area contributed by atoms with Gasteiger partial charge in [-0.15, -0.1) is 0 Å². The van der Waals surface area contributed by atoms with Crippen molar-refractivity contribution in [1.82, 2.24) is 4.98 Å². The molecule has 0 saturated carbocycles. The summed E-state index contributed by atoms with van der Waals surface area (Å²) in [5.41, 5.74) is 0.930. The van der Waals surface area contributed by atoms with E-state index in [-0.39, 0.29) is 0 Å². The predicted molar refractivity (Wildman–Crippen MR) is 75.3 cm³/mol. The lowest BCUT2D eigenvalue weighted by Crippen LogP contribution is -2.09. The molecular weight excluding hydrogens is 257 g/mol. The second-order valence-corrected chi connectivity index (χ2v) is 4.47. The normalized spacial score (nSPS) is 10.7. The zero-order chi connectivity index (χ0) is 13.9. The van der Waals surface area contributed by atoms with Crippen LogP contribution in [0.4, 0.5) is 4.39 Å². The van der Waals surface area contributed by atoms with Crippen LogP contribution in [-0.4, -0.2) is 4.98 Å². The number of rotatable bonds is 3. The van der Waals surface area contributed by atoms with Gasteiger partial charge in [-0.05, 0) is 29.8 Å². The van der Waals surface area contributed by atoms with Gasteiger partial charge in [0.1, 0.15) is 12.4 Å². The third kappa shape index (κ3) is 2.54. The van der Waals surface area contributed by atoms with Gasteiger partial charge in [-0.25, -0.2) is 4.39 Å². The van der Waals surface area contributed by atoms with E-state index in [1.165, 1.54) is 6.07 Å². The van der Waals surface area contributed by atoms with E-state index in [0.29, 0.717) is 23.3 Å². The Morgan fingerprint density at radius 3 is 2.65 bits per heavy atom. The van der Waals surface area contributed by atoms with Gasteiger partial charge >= 0.3 is 0 Å². The first-order valence-corrected chi connectivity index (χ1v) is 6.22. The highest BCUT2D eigenvalue weighted by molar-refractivity contribution is 5.79. The predicted octanol–water partition coefficient (Wildman–Crippen LogP) is 3.25. The molecular formula is C16H12FNO2. The van der Waals surface area contributed by atoms with Crippen molar-refractivity contribution in [3.05, 3.63) is 76.3 Å². The topological polar surface area (TPSA) is 42.1 Å². The maximum absolute atomic E-state index is 13.2. The molecule has 0 aliphatic heterocycles. The Morgan fingerprint density at radius 2 is 1.85 bits per heavy atom. The first-order valence-electron chi connectivity index (χ1n) is 6.22. The minimum absolute atomic E-state index is 0.443. The molecule has 1 N–H and O–H groups in total. The van der Waals surface area contributed by atoms with E-state index in [1.807, 2.05) is 30.3 Å². The fourth-order valence-electron chi connectivity index (χ4n) is 1.99. The van der Waals surface area contributed by atoms with E-state index in [2.05, 4.69) is 4.98 Å². The number of ether oxygens (including phenoxy) is 1. The van der Waals surface area contributed by atoms with Gasteiger partial charge in [0.05, 0.1) is 0 Å². The van der Waals surface area contributed by atoms with Crippen LogP contribution in [0, 0.1) is 5.82 Å². The highest BCUT2D eigenvalue weighted by Gasteiger charge is 2.03. The Morgan fingerprint density at radius 1 is 1.05 bits per heavy atom. The minimum atomic E-state index is -0.794. The number of nitrogens with one attached hydrogen (secondary N) is 1. The molecule has 100 valence electrons. The monoisotopic (exact) mass is 269 g/mol. The number of halogens is 1. The zero-order valence-electron chi connectivity index (χ0n) is 10.6.